The maximum atomic E-state index is 12.0. The zero-order valence-electron chi connectivity index (χ0n) is 13.5. The molecule has 0 radical (unpaired) electrons. The third-order valence-corrected chi connectivity index (χ3v) is 3.33. The zero-order chi connectivity index (χ0) is 17.0. The molecule has 0 saturated heterocycles. The Balaban J connectivity index is 2.35. The Kier molecular flexibility index (Phi) is 3.24. The number of pyridine rings is 1. The first-order valence-corrected chi connectivity index (χ1v) is 7.03. The van der Waals surface area contributed by atoms with Crippen LogP contribution in [0, 0.1) is 0 Å². The first-order valence-electron chi connectivity index (χ1n) is 6.97. The summed E-state index contributed by atoms with van der Waals surface area (Å²) < 4.78 is 32.9. The molecule has 0 bridgehead atoms. The van der Waals surface area contributed by atoms with Gasteiger partial charge in [0.1, 0.15) is 5.82 Å². The molecule has 2 N–H and O–H groups in total. The standard InChI is InChI=1S/C12H13N5O2S/c1-13-12(18)10-8(5-7-15-17-10)16-11-9(20(2)19)4-3-6-14-11/h3-7H,1-2H3,(H,13,18)(H,14,15,16)/i1D3. The van der Waals surface area contributed by atoms with Crippen molar-refractivity contribution in [2.24, 2.45) is 0 Å². The van der Waals surface area contributed by atoms with E-state index in [2.05, 4.69) is 20.5 Å². The minimum atomic E-state index is -2.65. The Bertz CT molecular complexity index is 753. The van der Waals surface area contributed by atoms with Gasteiger partial charge in [0.15, 0.2) is 5.69 Å². The van der Waals surface area contributed by atoms with Crippen LogP contribution in [0.3, 0.4) is 0 Å². The van der Waals surface area contributed by atoms with E-state index < -0.39 is 23.7 Å². The quantitative estimate of drug-likeness (QED) is 0.862. The molecule has 0 aromatic carbocycles. The van der Waals surface area contributed by atoms with Crippen LogP contribution in [0.1, 0.15) is 14.6 Å². The molecule has 8 heteroatoms. The molecule has 1 unspecified atom stereocenters. The first-order chi connectivity index (χ1) is 10.8. The van der Waals surface area contributed by atoms with E-state index >= 15 is 0 Å². The molecule has 104 valence electrons. The Morgan fingerprint density at radius 3 is 3.00 bits per heavy atom. The van der Waals surface area contributed by atoms with Crippen LogP contribution >= 0.6 is 0 Å². The van der Waals surface area contributed by atoms with Crippen LogP contribution in [0.4, 0.5) is 11.5 Å². The van der Waals surface area contributed by atoms with Gasteiger partial charge in [-0.15, -0.1) is 5.10 Å². The van der Waals surface area contributed by atoms with Crippen molar-refractivity contribution in [3.05, 3.63) is 36.3 Å². The Labute approximate surface area is 122 Å². The van der Waals surface area contributed by atoms with Crippen LogP contribution in [-0.2, 0) is 10.8 Å². The molecule has 0 spiro atoms. The number of carbonyl (C=O) groups is 1. The molecule has 1 atom stereocenters. The Hall–Kier alpha value is -2.35. The van der Waals surface area contributed by atoms with Crippen molar-refractivity contribution in [1.82, 2.24) is 20.5 Å². The van der Waals surface area contributed by atoms with E-state index in [1.54, 1.807) is 12.1 Å². The van der Waals surface area contributed by atoms with Gasteiger partial charge in [-0.1, -0.05) is 0 Å². The smallest absolute Gasteiger partial charge is 0.273 e. The van der Waals surface area contributed by atoms with E-state index in [1.807, 2.05) is 5.32 Å². The highest BCUT2D eigenvalue weighted by atomic mass is 32.2. The number of carbonyl (C=O) groups excluding carboxylic acids is 1. The SMILES string of the molecule is [2H]C([2H])([2H])NC(=O)c1nnccc1Nc1ncccc1S(C)=O. The molecule has 20 heavy (non-hydrogen) atoms. The van der Waals surface area contributed by atoms with Gasteiger partial charge in [-0.25, -0.2) is 4.98 Å². The first kappa shape index (κ1) is 10.4. The van der Waals surface area contributed by atoms with Crippen molar-refractivity contribution < 1.29 is 13.1 Å². The number of hydrogen-bond acceptors (Lipinski definition) is 6. The van der Waals surface area contributed by atoms with E-state index in [-0.39, 0.29) is 17.2 Å². The van der Waals surface area contributed by atoms with Gasteiger partial charge in [0.25, 0.3) is 5.91 Å². The minimum absolute atomic E-state index is 0.201. The van der Waals surface area contributed by atoms with Crippen LogP contribution in [-0.4, -0.2) is 38.5 Å². The molecule has 0 saturated carbocycles. The highest BCUT2D eigenvalue weighted by Crippen LogP contribution is 2.22. The molecule has 0 aliphatic heterocycles. The molecule has 2 aromatic heterocycles. The molecular formula is C12H13N5O2S. The van der Waals surface area contributed by atoms with Crippen LogP contribution in [0.15, 0.2) is 35.5 Å². The van der Waals surface area contributed by atoms with Crippen molar-refractivity contribution in [2.45, 2.75) is 4.90 Å². The van der Waals surface area contributed by atoms with Crippen LogP contribution < -0.4 is 10.6 Å². The van der Waals surface area contributed by atoms with Gasteiger partial charge >= 0.3 is 0 Å². The maximum Gasteiger partial charge on any atom is 0.273 e. The summed E-state index contributed by atoms with van der Waals surface area (Å²) in [5.74, 6) is -0.625. The largest absolute Gasteiger partial charge is 0.354 e. The van der Waals surface area contributed by atoms with E-state index in [1.165, 1.54) is 24.7 Å². The van der Waals surface area contributed by atoms with Crippen molar-refractivity contribution in [1.29, 1.82) is 0 Å². The number of rotatable bonds is 4. The lowest BCUT2D eigenvalue weighted by molar-refractivity contribution is 0.0958. The molecule has 1 amide bonds. The van der Waals surface area contributed by atoms with Crippen molar-refractivity contribution in [2.75, 3.05) is 18.5 Å². The third-order valence-electron chi connectivity index (χ3n) is 2.38. The highest BCUT2D eigenvalue weighted by molar-refractivity contribution is 7.84. The van der Waals surface area contributed by atoms with Crippen LogP contribution in [0.25, 0.3) is 0 Å². The molecular weight excluding hydrogens is 278 g/mol. The van der Waals surface area contributed by atoms with Crippen LogP contribution in [0.2, 0.25) is 0 Å². The molecule has 7 nitrogen and oxygen atoms in total. The molecule has 2 rings (SSSR count). The van der Waals surface area contributed by atoms with Gasteiger partial charge in [0.05, 0.1) is 27.6 Å². The summed E-state index contributed by atoms with van der Waals surface area (Å²) >= 11 is 0. The second kappa shape index (κ2) is 6.20. The molecule has 0 aliphatic rings. The van der Waals surface area contributed by atoms with Gasteiger partial charge in [-0.3, -0.25) is 9.00 Å². The van der Waals surface area contributed by atoms with Gasteiger partial charge < -0.3 is 10.6 Å². The topological polar surface area (TPSA) is 96.9 Å². The number of anilines is 2. The summed E-state index contributed by atoms with van der Waals surface area (Å²) in [6, 6.07) is 4.70. The summed E-state index contributed by atoms with van der Waals surface area (Å²) in [6.45, 7) is -2.65. The van der Waals surface area contributed by atoms with Gasteiger partial charge in [-0.05, 0) is 18.2 Å². The average Bonchev–Trinajstić information content (AvgIpc) is 2.46. The normalized spacial score (nSPS) is 14.6. The summed E-state index contributed by atoms with van der Waals surface area (Å²) in [7, 11) is -1.30. The molecule has 0 fully saturated rings. The lowest BCUT2D eigenvalue weighted by atomic mass is 10.3. The fraction of sp³-hybridized carbons (Fsp3) is 0.167. The van der Waals surface area contributed by atoms with Gasteiger partial charge in [-0.2, -0.15) is 5.10 Å². The van der Waals surface area contributed by atoms with E-state index in [0.717, 1.165) is 0 Å². The lowest BCUT2D eigenvalue weighted by Gasteiger charge is -2.11. The van der Waals surface area contributed by atoms with Crippen LogP contribution in [0.5, 0.6) is 0 Å². The summed E-state index contributed by atoms with van der Waals surface area (Å²) in [5.41, 5.74) is -0.00531. The second-order valence-electron chi connectivity index (χ2n) is 3.68. The molecule has 2 aromatic rings. The lowest BCUT2D eigenvalue weighted by Crippen LogP contribution is -2.21. The highest BCUT2D eigenvalue weighted by Gasteiger charge is 2.14. The Morgan fingerprint density at radius 2 is 2.25 bits per heavy atom. The average molecular weight is 294 g/mol. The number of nitrogens with one attached hydrogen (secondary N) is 2. The van der Waals surface area contributed by atoms with Gasteiger partial charge in [0.2, 0.25) is 0 Å². The zero-order valence-corrected chi connectivity index (χ0v) is 11.3. The fourth-order valence-corrected chi connectivity index (χ4v) is 2.15. The monoisotopic (exact) mass is 294 g/mol. The minimum Gasteiger partial charge on any atom is -0.354 e. The maximum absolute atomic E-state index is 12.0. The number of hydrogen-bond donors (Lipinski definition) is 2. The summed E-state index contributed by atoms with van der Waals surface area (Å²) in [5, 5.41) is 11.9. The molecule has 0 aliphatic carbocycles. The van der Waals surface area contributed by atoms with Crippen molar-refractivity contribution in [3.8, 4) is 0 Å². The van der Waals surface area contributed by atoms with E-state index in [4.69, 9.17) is 4.11 Å². The fourth-order valence-electron chi connectivity index (χ4n) is 1.50. The van der Waals surface area contributed by atoms with Crippen molar-refractivity contribution in [3.63, 3.8) is 0 Å². The van der Waals surface area contributed by atoms with Crippen molar-refractivity contribution >= 4 is 28.2 Å². The molecule has 2 heterocycles. The summed E-state index contributed by atoms with van der Waals surface area (Å²) in [6.07, 6.45) is 4.32. The second-order valence-corrected chi connectivity index (χ2v) is 5.02. The predicted octanol–water partition coefficient (Wildman–Crippen LogP) is 0.712. The third kappa shape index (κ3) is 2.97. The summed E-state index contributed by atoms with van der Waals surface area (Å²) in [4.78, 5) is 16.5. The number of nitrogens with zero attached hydrogens (tertiary/aromatic N) is 3. The number of aromatic nitrogens is 3. The predicted molar refractivity (Wildman–Crippen MR) is 75.3 cm³/mol. The number of amides is 1. The van der Waals surface area contributed by atoms with E-state index in [9.17, 15) is 9.00 Å². The van der Waals surface area contributed by atoms with Gasteiger partial charge in [0, 0.05) is 23.5 Å². The Morgan fingerprint density at radius 1 is 1.40 bits per heavy atom. The van der Waals surface area contributed by atoms with E-state index in [0.29, 0.717) is 4.90 Å².